The van der Waals surface area contributed by atoms with Gasteiger partial charge in [-0.1, -0.05) is 0 Å². The van der Waals surface area contributed by atoms with E-state index in [4.69, 9.17) is 14.9 Å². The van der Waals surface area contributed by atoms with Gasteiger partial charge in [0.15, 0.2) is 0 Å². The summed E-state index contributed by atoms with van der Waals surface area (Å²) in [5.74, 6) is -2.98. The molecule has 0 unspecified atom stereocenters. The van der Waals surface area contributed by atoms with Gasteiger partial charge in [0.1, 0.15) is 11.6 Å². The summed E-state index contributed by atoms with van der Waals surface area (Å²) in [7, 11) is 0. The Hall–Kier alpha value is -1.79. The van der Waals surface area contributed by atoms with Crippen molar-refractivity contribution in [3.63, 3.8) is 0 Å². The average molecular weight is 273 g/mol. The zero-order valence-corrected chi connectivity index (χ0v) is 11.3. The first-order chi connectivity index (χ1) is 8.61. The van der Waals surface area contributed by atoms with Crippen LogP contribution in [0.5, 0.6) is 0 Å². The topological polar surface area (TPSA) is 104 Å². The molecule has 1 fully saturated rings. The van der Waals surface area contributed by atoms with Crippen LogP contribution in [0.4, 0.5) is 4.79 Å². The van der Waals surface area contributed by atoms with E-state index in [-0.39, 0.29) is 19.4 Å². The normalized spacial score (nSPS) is 23.8. The number of carbonyl (C=O) groups excluding carboxylic acids is 1. The molecule has 0 bridgehead atoms. The van der Waals surface area contributed by atoms with E-state index in [1.807, 2.05) is 0 Å². The Balaban J connectivity index is 2.80. The molecule has 0 aliphatic carbocycles. The van der Waals surface area contributed by atoms with Crippen LogP contribution in [0.1, 0.15) is 33.6 Å². The molecule has 1 heterocycles. The molecule has 7 nitrogen and oxygen atoms in total. The third-order valence-electron chi connectivity index (χ3n) is 2.86. The van der Waals surface area contributed by atoms with Crippen LogP contribution in [0.2, 0.25) is 0 Å². The lowest BCUT2D eigenvalue weighted by atomic mass is 9.91. The molecule has 0 saturated carbocycles. The number of carboxylic acids is 2. The maximum atomic E-state index is 11.9. The van der Waals surface area contributed by atoms with Crippen molar-refractivity contribution in [1.82, 2.24) is 4.90 Å². The highest BCUT2D eigenvalue weighted by Crippen LogP contribution is 2.25. The molecule has 7 heteroatoms. The lowest BCUT2D eigenvalue weighted by Crippen LogP contribution is -2.52. The minimum Gasteiger partial charge on any atom is -0.481 e. The van der Waals surface area contributed by atoms with Crippen molar-refractivity contribution >= 4 is 18.0 Å². The Morgan fingerprint density at radius 3 is 2.16 bits per heavy atom. The molecule has 2 atom stereocenters. The van der Waals surface area contributed by atoms with E-state index in [0.29, 0.717) is 0 Å². The first-order valence-electron chi connectivity index (χ1n) is 6.07. The molecular formula is C12H19NO6. The van der Waals surface area contributed by atoms with Gasteiger partial charge in [-0.3, -0.25) is 9.69 Å². The third-order valence-corrected chi connectivity index (χ3v) is 2.86. The van der Waals surface area contributed by atoms with E-state index >= 15 is 0 Å². The number of ether oxygens (including phenoxy) is 1. The van der Waals surface area contributed by atoms with E-state index in [2.05, 4.69) is 0 Å². The monoisotopic (exact) mass is 273 g/mol. The number of carboxylic acid groups (broad SMARTS) is 2. The lowest BCUT2D eigenvalue weighted by Gasteiger charge is -2.36. The summed E-state index contributed by atoms with van der Waals surface area (Å²) < 4.78 is 5.13. The van der Waals surface area contributed by atoms with Crippen LogP contribution in [-0.2, 0) is 14.3 Å². The van der Waals surface area contributed by atoms with Crippen LogP contribution in [0.25, 0.3) is 0 Å². The quantitative estimate of drug-likeness (QED) is 0.782. The molecule has 1 rings (SSSR count). The number of hydrogen-bond donors (Lipinski definition) is 2. The first kappa shape index (κ1) is 15.3. The Labute approximate surface area is 111 Å². The predicted molar refractivity (Wildman–Crippen MR) is 64.7 cm³/mol. The summed E-state index contributed by atoms with van der Waals surface area (Å²) in [5, 5.41) is 18.0. The smallest absolute Gasteiger partial charge is 0.411 e. The van der Waals surface area contributed by atoms with Gasteiger partial charge >= 0.3 is 18.0 Å². The maximum Gasteiger partial charge on any atom is 0.411 e. The molecule has 2 N–H and O–H groups in total. The van der Waals surface area contributed by atoms with Gasteiger partial charge in [-0.15, -0.1) is 0 Å². The van der Waals surface area contributed by atoms with E-state index in [0.717, 1.165) is 4.90 Å². The molecule has 0 aromatic rings. The number of carbonyl (C=O) groups is 3. The zero-order chi connectivity index (χ0) is 14.8. The number of amides is 1. The second kappa shape index (κ2) is 5.46. The highest BCUT2D eigenvalue weighted by atomic mass is 16.6. The number of aliphatic carboxylic acids is 2. The molecule has 1 amide bonds. The molecule has 0 aromatic carbocycles. The van der Waals surface area contributed by atoms with Crippen LogP contribution in [-0.4, -0.2) is 51.3 Å². The first-order valence-corrected chi connectivity index (χ1v) is 6.07. The summed E-state index contributed by atoms with van der Waals surface area (Å²) >= 11 is 0. The Kier molecular flexibility index (Phi) is 4.39. The molecule has 19 heavy (non-hydrogen) atoms. The molecular weight excluding hydrogens is 254 g/mol. The van der Waals surface area contributed by atoms with Gasteiger partial charge in [0.25, 0.3) is 0 Å². The van der Waals surface area contributed by atoms with Crippen molar-refractivity contribution < 1.29 is 29.3 Å². The fourth-order valence-electron chi connectivity index (χ4n) is 1.96. The molecule has 0 radical (unpaired) electrons. The van der Waals surface area contributed by atoms with Crippen LogP contribution in [0, 0.1) is 5.92 Å². The minimum atomic E-state index is -1.21. The summed E-state index contributed by atoms with van der Waals surface area (Å²) in [6.45, 7) is 5.13. The molecule has 0 spiro atoms. The SMILES string of the molecule is CC(C)(C)OC(=O)N1CC[C@H](C(=O)O)C[C@@H]1C(=O)O. The highest BCUT2D eigenvalue weighted by molar-refractivity contribution is 5.82. The van der Waals surface area contributed by atoms with Gasteiger partial charge in [0.05, 0.1) is 5.92 Å². The summed E-state index contributed by atoms with van der Waals surface area (Å²) in [5.41, 5.74) is -0.718. The van der Waals surface area contributed by atoms with E-state index in [9.17, 15) is 14.4 Å². The van der Waals surface area contributed by atoms with Crippen LogP contribution >= 0.6 is 0 Å². The molecule has 1 aliphatic rings. The van der Waals surface area contributed by atoms with Gasteiger partial charge in [-0.2, -0.15) is 0 Å². The second-order valence-electron chi connectivity index (χ2n) is 5.59. The fraction of sp³-hybridized carbons (Fsp3) is 0.750. The number of likely N-dealkylation sites (tertiary alicyclic amines) is 1. The molecule has 1 aliphatic heterocycles. The fourth-order valence-corrected chi connectivity index (χ4v) is 1.96. The molecule has 0 aromatic heterocycles. The van der Waals surface area contributed by atoms with Gasteiger partial charge < -0.3 is 14.9 Å². The number of hydrogen-bond acceptors (Lipinski definition) is 4. The van der Waals surface area contributed by atoms with Gasteiger partial charge in [-0.25, -0.2) is 9.59 Å². The average Bonchev–Trinajstić information content (AvgIpc) is 2.25. The summed E-state index contributed by atoms with van der Waals surface area (Å²) in [6, 6.07) is -1.15. The van der Waals surface area contributed by atoms with Crippen molar-refractivity contribution in [2.24, 2.45) is 5.92 Å². The van der Waals surface area contributed by atoms with Gasteiger partial charge in [0, 0.05) is 6.54 Å². The van der Waals surface area contributed by atoms with Crippen LogP contribution < -0.4 is 0 Å². The minimum absolute atomic E-state index is 0.0723. The van der Waals surface area contributed by atoms with Crippen LogP contribution in [0.3, 0.4) is 0 Å². The lowest BCUT2D eigenvalue weighted by molar-refractivity contribution is -0.150. The number of nitrogens with zero attached hydrogens (tertiary/aromatic N) is 1. The maximum absolute atomic E-state index is 11.9. The van der Waals surface area contributed by atoms with E-state index < -0.39 is 35.6 Å². The second-order valence-corrected chi connectivity index (χ2v) is 5.59. The van der Waals surface area contributed by atoms with Crippen molar-refractivity contribution in [2.75, 3.05) is 6.54 Å². The van der Waals surface area contributed by atoms with Gasteiger partial charge in [0.2, 0.25) is 0 Å². The van der Waals surface area contributed by atoms with Crippen molar-refractivity contribution in [3.05, 3.63) is 0 Å². The van der Waals surface area contributed by atoms with Crippen molar-refractivity contribution in [1.29, 1.82) is 0 Å². The molecule has 108 valence electrons. The Bertz CT molecular complexity index is 386. The third kappa shape index (κ3) is 4.11. The largest absolute Gasteiger partial charge is 0.481 e. The standard InChI is InChI=1S/C12H19NO6/c1-12(2,3)19-11(18)13-5-4-7(9(14)15)6-8(13)10(16)17/h7-8H,4-6H2,1-3H3,(H,14,15)(H,16,17)/t7-,8+/m0/s1. The van der Waals surface area contributed by atoms with Crippen molar-refractivity contribution in [3.8, 4) is 0 Å². The number of rotatable bonds is 2. The number of piperidine rings is 1. The van der Waals surface area contributed by atoms with Gasteiger partial charge in [-0.05, 0) is 33.6 Å². The van der Waals surface area contributed by atoms with E-state index in [1.54, 1.807) is 20.8 Å². The summed E-state index contributed by atoms with van der Waals surface area (Å²) in [6.07, 6.45) is -0.578. The van der Waals surface area contributed by atoms with Crippen LogP contribution in [0.15, 0.2) is 0 Å². The predicted octanol–water partition coefficient (Wildman–Crippen LogP) is 1.17. The Morgan fingerprint density at radius 2 is 1.74 bits per heavy atom. The van der Waals surface area contributed by atoms with E-state index in [1.165, 1.54) is 0 Å². The summed E-state index contributed by atoms with van der Waals surface area (Å²) in [4.78, 5) is 35.0. The van der Waals surface area contributed by atoms with Crippen molar-refractivity contribution in [2.45, 2.75) is 45.3 Å². The zero-order valence-electron chi connectivity index (χ0n) is 11.3. The highest BCUT2D eigenvalue weighted by Gasteiger charge is 2.40. The Morgan fingerprint density at radius 1 is 1.16 bits per heavy atom. The molecule has 1 saturated heterocycles.